The van der Waals surface area contributed by atoms with Crippen LogP contribution in [0.2, 0.25) is 0 Å². The average molecular weight is 255 g/mol. The number of amides is 1. The molecule has 94 valence electrons. The molecule has 0 aliphatic rings. The van der Waals surface area contributed by atoms with Crippen molar-refractivity contribution in [3.05, 3.63) is 23.9 Å². The van der Waals surface area contributed by atoms with Gasteiger partial charge in [-0.3, -0.25) is 9.00 Å². The maximum atomic E-state index is 11.1. The molecule has 5 nitrogen and oxygen atoms in total. The smallest absolute Gasteiger partial charge is 0.250 e. The molecule has 0 aliphatic carbocycles. The summed E-state index contributed by atoms with van der Waals surface area (Å²) in [7, 11) is -0.800. The van der Waals surface area contributed by atoms with Crippen LogP contribution in [0.3, 0.4) is 0 Å². The van der Waals surface area contributed by atoms with Crippen molar-refractivity contribution in [3.63, 3.8) is 0 Å². The highest BCUT2D eigenvalue weighted by Crippen LogP contribution is 2.06. The first-order valence-corrected chi connectivity index (χ1v) is 6.94. The van der Waals surface area contributed by atoms with Gasteiger partial charge in [0.2, 0.25) is 5.91 Å². The highest BCUT2D eigenvalue weighted by molar-refractivity contribution is 7.84. The van der Waals surface area contributed by atoms with E-state index < -0.39 is 16.7 Å². The van der Waals surface area contributed by atoms with Gasteiger partial charge in [0.15, 0.2) is 0 Å². The van der Waals surface area contributed by atoms with Gasteiger partial charge in [0.1, 0.15) is 5.82 Å². The van der Waals surface area contributed by atoms with Crippen LogP contribution < -0.4 is 11.1 Å². The highest BCUT2D eigenvalue weighted by Gasteiger charge is 2.05. The van der Waals surface area contributed by atoms with Gasteiger partial charge in [-0.15, -0.1) is 0 Å². The molecule has 0 saturated heterocycles. The molecule has 17 heavy (non-hydrogen) atoms. The minimum atomic E-state index is -0.800. The Morgan fingerprint density at radius 1 is 1.59 bits per heavy atom. The number of nitrogens with zero attached hydrogens (tertiary/aromatic N) is 1. The minimum absolute atomic E-state index is 0.160. The maximum Gasteiger partial charge on any atom is 0.250 e. The second-order valence-corrected chi connectivity index (χ2v) is 5.62. The van der Waals surface area contributed by atoms with E-state index in [0.29, 0.717) is 17.9 Å². The summed E-state index contributed by atoms with van der Waals surface area (Å²) >= 11 is 0. The standard InChI is InChI=1S/C11H17N3O2S/c1-8(17(2)16)5-6-13-10-4-3-9(7-14-10)11(12)15/h3-4,7-8H,5-6H2,1-2H3,(H2,12,15)(H,13,14). The third kappa shape index (κ3) is 4.52. The van der Waals surface area contributed by atoms with Crippen molar-refractivity contribution in [3.8, 4) is 0 Å². The molecule has 3 N–H and O–H groups in total. The van der Waals surface area contributed by atoms with Gasteiger partial charge in [-0.2, -0.15) is 0 Å². The molecule has 0 spiro atoms. The van der Waals surface area contributed by atoms with Crippen LogP contribution in [0.4, 0.5) is 5.82 Å². The number of hydrogen-bond donors (Lipinski definition) is 2. The average Bonchev–Trinajstić information content (AvgIpc) is 2.29. The monoisotopic (exact) mass is 255 g/mol. The van der Waals surface area contributed by atoms with Crippen LogP contribution >= 0.6 is 0 Å². The van der Waals surface area contributed by atoms with Crippen molar-refractivity contribution in [2.75, 3.05) is 18.1 Å². The van der Waals surface area contributed by atoms with Gasteiger partial charge in [0.25, 0.3) is 0 Å². The lowest BCUT2D eigenvalue weighted by molar-refractivity contribution is 0.1000. The first kappa shape index (κ1) is 13.6. The third-order valence-electron chi connectivity index (χ3n) is 2.47. The van der Waals surface area contributed by atoms with Crippen molar-refractivity contribution in [1.29, 1.82) is 0 Å². The molecule has 1 amide bonds. The van der Waals surface area contributed by atoms with E-state index in [-0.39, 0.29) is 5.25 Å². The number of aromatic nitrogens is 1. The van der Waals surface area contributed by atoms with Crippen molar-refractivity contribution in [2.24, 2.45) is 5.73 Å². The fraction of sp³-hybridized carbons (Fsp3) is 0.455. The quantitative estimate of drug-likeness (QED) is 0.785. The predicted molar refractivity (Wildman–Crippen MR) is 69.4 cm³/mol. The van der Waals surface area contributed by atoms with Crippen LogP contribution in [0.25, 0.3) is 0 Å². The fourth-order valence-electron chi connectivity index (χ4n) is 1.21. The van der Waals surface area contributed by atoms with Crippen LogP contribution in [0.15, 0.2) is 18.3 Å². The van der Waals surface area contributed by atoms with Crippen molar-refractivity contribution in [2.45, 2.75) is 18.6 Å². The van der Waals surface area contributed by atoms with Crippen molar-refractivity contribution < 1.29 is 9.00 Å². The van der Waals surface area contributed by atoms with E-state index in [1.807, 2.05) is 6.92 Å². The zero-order chi connectivity index (χ0) is 12.8. The van der Waals surface area contributed by atoms with Gasteiger partial charge in [-0.05, 0) is 18.6 Å². The van der Waals surface area contributed by atoms with Gasteiger partial charge < -0.3 is 11.1 Å². The Hall–Kier alpha value is -1.43. The summed E-state index contributed by atoms with van der Waals surface area (Å²) in [5.41, 5.74) is 5.49. The Morgan fingerprint density at radius 3 is 2.76 bits per heavy atom. The van der Waals surface area contributed by atoms with E-state index in [2.05, 4.69) is 10.3 Å². The van der Waals surface area contributed by atoms with E-state index in [9.17, 15) is 9.00 Å². The van der Waals surface area contributed by atoms with Crippen LogP contribution in [-0.2, 0) is 10.8 Å². The van der Waals surface area contributed by atoms with E-state index in [0.717, 1.165) is 6.42 Å². The molecule has 0 bridgehead atoms. The molecule has 0 aromatic carbocycles. The molecule has 2 atom stereocenters. The van der Waals surface area contributed by atoms with E-state index in [1.165, 1.54) is 6.20 Å². The van der Waals surface area contributed by atoms with Gasteiger partial charge >= 0.3 is 0 Å². The molecule has 6 heteroatoms. The number of carbonyl (C=O) groups excluding carboxylic acids is 1. The summed E-state index contributed by atoms with van der Waals surface area (Å²) in [4.78, 5) is 14.9. The lowest BCUT2D eigenvalue weighted by Gasteiger charge is -2.09. The first-order chi connectivity index (χ1) is 8.00. The number of primary amides is 1. The van der Waals surface area contributed by atoms with Crippen LogP contribution in [0.1, 0.15) is 23.7 Å². The van der Waals surface area contributed by atoms with Gasteiger partial charge in [0, 0.05) is 35.0 Å². The Labute approximate surface area is 103 Å². The van der Waals surface area contributed by atoms with E-state index >= 15 is 0 Å². The number of nitrogens with one attached hydrogen (secondary N) is 1. The van der Waals surface area contributed by atoms with Gasteiger partial charge in [-0.1, -0.05) is 6.92 Å². The number of hydrogen-bond acceptors (Lipinski definition) is 4. The number of nitrogens with two attached hydrogens (primary N) is 1. The molecule has 1 heterocycles. The van der Waals surface area contributed by atoms with Gasteiger partial charge in [-0.25, -0.2) is 4.98 Å². The summed E-state index contributed by atoms with van der Waals surface area (Å²) in [5, 5.41) is 3.26. The summed E-state index contributed by atoms with van der Waals surface area (Å²) in [6, 6.07) is 3.33. The van der Waals surface area contributed by atoms with Crippen molar-refractivity contribution in [1.82, 2.24) is 4.98 Å². The number of anilines is 1. The lowest BCUT2D eigenvalue weighted by Crippen LogP contribution is -2.15. The molecule has 0 radical (unpaired) electrons. The van der Waals surface area contributed by atoms with E-state index in [4.69, 9.17) is 5.73 Å². The molecular formula is C11H17N3O2S. The second kappa shape index (κ2) is 6.34. The third-order valence-corrected chi connectivity index (χ3v) is 3.84. The zero-order valence-electron chi connectivity index (χ0n) is 9.97. The minimum Gasteiger partial charge on any atom is -0.370 e. The number of rotatable bonds is 6. The SMILES string of the molecule is CC(CCNc1ccc(C(N)=O)cn1)S(C)=O. The first-order valence-electron chi connectivity index (χ1n) is 5.32. The molecule has 1 rings (SSSR count). The maximum absolute atomic E-state index is 11.1. The molecule has 2 unspecified atom stereocenters. The fourth-order valence-corrected chi connectivity index (χ4v) is 1.66. The summed E-state index contributed by atoms with van der Waals surface area (Å²) < 4.78 is 11.1. The number of pyridine rings is 1. The summed E-state index contributed by atoms with van der Waals surface area (Å²) in [6.45, 7) is 2.64. The lowest BCUT2D eigenvalue weighted by atomic mass is 10.2. The molecule has 1 aromatic heterocycles. The Bertz CT molecular complexity index is 406. The molecular weight excluding hydrogens is 238 g/mol. The topological polar surface area (TPSA) is 85.1 Å². The predicted octanol–water partition coefficient (Wildman–Crippen LogP) is 0.750. The molecule has 1 aromatic rings. The summed E-state index contributed by atoms with van der Waals surface area (Å²) in [6.07, 6.45) is 3.94. The Balaban J connectivity index is 2.42. The Morgan fingerprint density at radius 2 is 2.29 bits per heavy atom. The van der Waals surface area contributed by atoms with Crippen LogP contribution in [-0.4, -0.2) is 33.2 Å². The molecule has 0 aliphatic heterocycles. The van der Waals surface area contributed by atoms with Gasteiger partial charge in [0.05, 0.1) is 5.56 Å². The second-order valence-electron chi connectivity index (χ2n) is 3.82. The zero-order valence-corrected chi connectivity index (χ0v) is 10.8. The van der Waals surface area contributed by atoms with E-state index in [1.54, 1.807) is 18.4 Å². The molecule has 0 fully saturated rings. The van der Waals surface area contributed by atoms with Crippen LogP contribution in [0, 0.1) is 0 Å². The number of carbonyl (C=O) groups is 1. The van der Waals surface area contributed by atoms with Crippen molar-refractivity contribution >= 4 is 22.5 Å². The Kier molecular flexibility index (Phi) is 5.09. The molecule has 0 saturated carbocycles. The highest BCUT2D eigenvalue weighted by atomic mass is 32.2. The largest absolute Gasteiger partial charge is 0.370 e. The van der Waals surface area contributed by atoms with Crippen LogP contribution in [0.5, 0.6) is 0 Å². The normalized spacial score (nSPS) is 14.0. The summed E-state index contributed by atoms with van der Waals surface area (Å²) in [5.74, 6) is 0.197.